The maximum atomic E-state index is 10.2. The zero-order chi connectivity index (χ0) is 16.1. The lowest BCUT2D eigenvalue weighted by atomic mass is 10.1. The molecule has 0 bridgehead atoms. The second-order valence-electron chi connectivity index (χ2n) is 5.87. The molecule has 2 unspecified atom stereocenters. The minimum absolute atomic E-state index is 0.250. The van der Waals surface area contributed by atoms with Gasteiger partial charge in [0, 0.05) is 19.6 Å². The number of hydrogen-bond acceptors (Lipinski definition) is 5. The van der Waals surface area contributed by atoms with Crippen LogP contribution in [0.1, 0.15) is 16.7 Å². The van der Waals surface area contributed by atoms with Crippen LogP contribution in [0.2, 0.25) is 0 Å². The van der Waals surface area contributed by atoms with Crippen molar-refractivity contribution < 1.29 is 14.6 Å². The van der Waals surface area contributed by atoms with Crippen LogP contribution in [0, 0.1) is 32.1 Å². The summed E-state index contributed by atoms with van der Waals surface area (Å²) >= 11 is 0. The van der Waals surface area contributed by atoms with Crippen molar-refractivity contribution in [1.29, 1.82) is 5.26 Å². The summed E-state index contributed by atoms with van der Waals surface area (Å²) in [7, 11) is 0. The Morgan fingerprint density at radius 3 is 2.86 bits per heavy atom. The molecule has 0 aromatic heterocycles. The highest BCUT2D eigenvalue weighted by Gasteiger charge is 2.22. The molecule has 1 fully saturated rings. The van der Waals surface area contributed by atoms with E-state index >= 15 is 0 Å². The second kappa shape index (κ2) is 7.59. The Morgan fingerprint density at radius 1 is 1.41 bits per heavy atom. The Balaban J connectivity index is 1.87. The maximum absolute atomic E-state index is 10.2. The largest absolute Gasteiger partial charge is 0.490 e. The van der Waals surface area contributed by atoms with Gasteiger partial charge in [-0.05, 0) is 37.5 Å². The molecule has 0 saturated carbocycles. The van der Waals surface area contributed by atoms with Gasteiger partial charge >= 0.3 is 0 Å². The Morgan fingerprint density at radius 2 is 2.14 bits per heavy atom. The SMILES string of the molecule is Cc1ccc(C)c(OCC(O)CN2CCOC(C#N)C2)c1C. The summed E-state index contributed by atoms with van der Waals surface area (Å²) in [6.45, 7) is 8.63. The molecule has 120 valence electrons. The Bertz CT molecular complexity index is 554. The van der Waals surface area contributed by atoms with E-state index in [9.17, 15) is 5.11 Å². The Hall–Kier alpha value is -1.61. The van der Waals surface area contributed by atoms with E-state index in [0.717, 1.165) is 23.4 Å². The van der Waals surface area contributed by atoms with E-state index in [2.05, 4.69) is 12.1 Å². The number of ether oxygens (including phenoxy) is 2. The van der Waals surface area contributed by atoms with Gasteiger partial charge in [-0.1, -0.05) is 12.1 Å². The van der Waals surface area contributed by atoms with E-state index in [-0.39, 0.29) is 6.61 Å². The normalized spacial score (nSPS) is 20.4. The third-order valence-electron chi connectivity index (χ3n) is 4.06. The van der Waals surface area contributed by atoms with Crippen molar-refractivity contribution >= 4 is 0 Å². The summed E-state index contributed by atoms with van der Waals surface area (Å²) in [4.78, 5) is 2.04. The molecule has 0 aliphatic carbocycles. The van der Waals surface area contributed by atoms with Crippen molar-refractivity contribution in [3.63, 3.8) is 0 Å². The van der Waals surface area contributed by atoms with Crippen molar-refractivity contribution in [1.82, 2.24) is 4.90 Å². The van der Waals surface area contributed by atoms with Gasteiger partial charge in [-0.15, -0.1) is 0 Å². The average molecular weight is 304 g/mol. The third-order valence-corrected chi connectivity index (χ3v) is 4.06. The number of nitrogens with zero attached hydrogens (tertiary/aromatic N) is 2. The smallest absolute Gasteiger partial charge is 0.156 e. The first-order valence-corrected chi connectivity index (χ1v) is 7.62. The van der Waals surface area contributed by atoms with E-state index in [4.69, 9.17) is 14.7 Å². The molecule has 1 N–H and O–H groups in total. The molecule has 1 heterocycles. The van der Waals surface area contributed by atoms with E-state index in [0.29, 0.717) is 19.7 Å². The molecular formula is C17H24N2O3. The monoisotopic (exact) mass is 304 g/mol. The van der Waals surface area contributed by atoms with Crippen LogP contribution in [0.15, 0.2) is 12.1 Å². The topological polar surface area (TPSA) is 65.7 Å². The molecule has 0 amide bonds. The van der Waals surface area contributed by atoms with E-state index in [1.807, 2.05) is 31.7 Å². The fourth-order valence-corrected chi connectivity index (χ4v) is 2.62. The summed E-state index contributed by atoms with van der Waals surface area (Å²) in [6.07, 6.45) is -0.986. The van der Waals surface area contributed by atoms with E-state index < -0.39 is 12.2 Å². The number of morpholine rings is 1. The van der Waals surface area contributed by atoms with Crippen LogP contribution in [0.3, 0.4) is 0 Å². The molecule has 0 spiro atoms. The lowest BCUT2D eigenvalue weighted by Gasteiger charge is -2.31. The van der Waals surface area contributed by atoms with Gasteiger partial charge in [0.25, 0.3) is 0 Å². The zero-order valence-electron chi connectivity index (χ0n) is 13.5. The predicted molar refractivity (Wildman–Crippen MR) is 83.9 cm³/mol. The first-order chi connectivity index (χ1) is 10.5. The van der Waals surface area contributed by atoms with Crippen LogP contribution in [0.4, 0.5) is 0 Å². The average Bonchev–Trinajstić information content (AvgIpc) is 2.51. The number of aliphatic hydroxyl groups is 1. The number of aliphatic hydroxyl groups excluding tert-OH is 1. The lowest BCUT2D eigenvalue weighted by Crippen LogP contribution is -2.46. The van der Waals surface area contributed by atoms with E-state index in [1.165, 1.54) is 5.56 Å². The van der Waals surface area contributed by atoms with Gasteiger partial charge in [0.2, 0.25) is 0 Å². The fourth-order valence-electron chi connectivity index (χ4n) is 2.62. The van der Waals surface area contributed by atoms with Gasteiger partial charge in [-0.2, -0.15) is 5.26 Å². The standard InChI is InChI=1S/C17H24N2O3/c1-12-4-5-13(2)17(14(12)3)22-11-15(20)9-19-6-7-21-16(8-18)10-19/h4-5,15-16,20H,6-7,9-11H2,1-3H3. The van der Waals surface area contributed by atoms with Crippen LogP contribution >= 0.6 is 0 Å². The minimum atomic E-state index is -0.586. The number of nitriles is 1. The first-order valence-electron chi connectivity index (χ1n) is 7.62. The van der Waals surface area contributed by atoms with Crippen molar-refractivity contribution in [2.45, 2.75) is 33.0 Å². The number of hydrogen-bond donors (Lipinski definition) is 1. The van der Waals surface area contributed by atoms with Crippen molar-refractivity contribution in [3.8, 4) is 11.8 Å². The number of β-amino-alcohol motifs (C(OH)–C–C–N with tert-alkyl or cyclic N) is 1. The molecule has 1 aromatic rings. The number of rotatable bonds is 5. The fraction of sp³-hybridized carbons (Fsp3) is 0.588. The van der Waals surface area contributed by atoms with Gasteiger partial charge in [-0.25, -0.2) is 0 Å². The Labute approximate surface area is 132 Å². The molecule has 5 heteroatoms. The van der Waals surface area contributed by atoms with Crippen LogP contribution < -0.4 is 4.74 Å². The number of benzene rings is 1. The van der Waals surface area contributed by atoms with E-state index in [1.54, 1.807) is 0 Å². The molecule has 1 aliphatic rings. The van der Waals surface area contributed by atoms with Gasteiger partial charge < -0.3 is 14.6 Å². The molecule has 2 rings (SSSR count). The predicted octanol–water partition coefficient (Wildman–Crippen LogP) is 1.58. The molecule has 22 heavy (non-hydrogen) atoms. The summed E-state index contributed by atoms with van der Waals surface area (Å²) in [5.41, 5.74) is 3.37. The third kappa shape index (κ3) is 4.20. The van der Waals surface area contributed by atoms with Crippen LogP contribution in [0.5, 0.6) is 5.75 Å². The summed E-state index contributed by atoms with van der Waals surface area (Å²) < 4.78 is 11.1. The lowest BCUT2D eigenvalue weighted by molar-refractivity contribution is -0.0216. The van der Waals surface area contributed by atoms with Gasteiger partial charge in [0.15, 0.2) is 6.10 Å². The minimum Gasteiger partial charge on any atom is -0.490 e. The highest BCUT2D eigenvalue weighted by molar-refractivity contribution is 5.44. The van der Waals surface area contributed by atoms with Crippen LogP contribution in [-0.2, 0) is 4.74 Å². The van der Waals surface area contributed by atoms with Crippen molar-refractivity contribution in [2.24, 2.45) is 0 Å². The molecular weight excluding hydrogens is 280 g/mol. The maximum Gasteiger partial charge on any atom is 0.156 e. The Kier molecular flexibility index (Phi) is 5.78. The van der Waals surface area contributed by atoms with Gasteiger partial charge in [-0.3, -0.25) is 4.90 Å². The second-order valence-corrected chi connectivity index (χ2v) is 5.87. The van der Waals surface area contributed by atoms with Crippen molar-refractivity contribution in [2.75, 3.05) is 32.8 Å². The first kappa shape index (κ1) is 16.8. The highest BCUT2D eigenvalue weighted by Crippen LogP contribution is 2.25. The summed E-state index contributed by atoms with van der Waals surface area (Å²) in [5, 5.41) is 19.1. The zero-order valence-corrected chi connectivity index (χ0v) is 13.5. The highest BCUT2D eigenvalue weighted by atomic mass is 16.5. The number of aryl methyl sites for hydroxylation is 2. The molecule has 1 saturated heterocycles. The molecule has 1 aliphatic heterocycles. The summed E-state index contributed by atoms with van der Waals surface area (Å²) in [6, 6.07) is 6.21. The summed E-state index contributed by atoms with van der Waals surface area (Å²) in [5.74, 6) is 0.857. The van der Waals surface area contributed by atoms with Gasteiger partial charge in [0.05, 0.1) is 12.7 Å². The van der Waals surface area contributed by atoms with Gasteiger partial charge in [0.1, 0.15) is 18.5 Å². The van der Waals surface area contributed by atoms with Crippen molar-refractivity contribution in [3.05, 3.63) is 28.8 Å². The molecule has 2 atom stereocenters. The van der Waals surface area contributed by atoms with Crippen LogP contribution in [-0.4, -0.2) is 55.1 Å². The quantitative estimate of drug-likeness (QED) is 0.894. The molecule has 1 aromatic carbocycles. The molecule has 5 nitrogen and oxygen atoms in total. The molecule has 0 radical (unpaired) electrons. The van der Waals surface area contributed by atoms with Crippen LogP contribution in [0.25, 0.3) is 0 Å².